The van der Waals surface area contributed by atoms with Crippen molar-refractivity contribution in [1.29, 1.82) is 0 Å². The van der Waals surface area contributed by atoms with E-state index in [-0.39, 0.29) is 11.8 Å². The van der Waals surface area contributed by atoms with Crippen LogP contribution >= 0.6 is 0 Å². The van der Waals surface area contributed by atoms with E-state index in [1.54, 1.807) is 38.5 Å². The third kappa shape index (κ3) is 10.2. The molecule has 0 unspecified atom stereocenters. The minimum absolute atomic E-state index is 0.202. The molecule has 1 aliphatic heterocycles. The number of carboxylic acids is 1. The number of aromatic carboxylic acids is 1. The summed E-state index contributed by atoms with van der Waals surface area (Å²) in [6.45, 7) is 2.93. The van der Waals surface area contributed by atoms with E-state index in [0.29, 0.717) is 34.8 Å². The van der Waals surface area contributed by atoms with Crippen molar-refractivity contribution in [3.05, 3.63) is 149 Å². The summed E-state index contributed by atoms with van der Waals surface area (Å²) in [5.41, 5.74) is 7.79. The molecule has 2 amide bonds. The fourth-order valence-electron chi connectivity index (χ4n) is 7.32. The van der Waals surface area contributed by atoms with Gasteiger partial charge in [0, 0.05) is 31.7 Å². The van der Waals surface area contributed by atoms with Gasteiger partial charge in [0.05, 0.1) is 31.0 Å². The predicted octanol–water partition coefficient (Wildman–Crippen LogP) is 8.84. The molecule has 1 saturated carbocycles. The van der Waals surface area contributed by atoms with Crippen LogP contribution in [0.4, 0.5) is 5.69 Å². The highest BCUT2D eigenvalue weighted by atomic mass is 16.5. The van der Waals surface area contributed by atoms with Crippen LogP contribution in [0.1, 0.15) is 85.8 Å². The molecule has 1 heterocycles. The fraction of sp³-hybridized carbons (Fsp3) is 0.283. The van der Waals surface area contributed by atoms with Gasteiger partial charge in [-0.1, -0.05) is 86.0 Å². The Bertz CT molecular complexity index is 2060. The summed E-state index contributed by atoms with van der Waals surface area (Å²) < 4.78 is 10.9. The number of carbonyl (C=O) groups excluding carboxylic acids is 2. The number of ether oxygens (including phenoxy) is 2. The van der Waals surface area contributed by atoms with Gasteiger partial charge < -0.3 is 25.2 Å². The van der Waals surface area contributed by atoms with Crippen LogP contribution in [0.3, 0.4) is 0 Å². The minimum atomic E-state index is -0.894. The molecule has 0 radical (unpaired) electrons. The SMILES string of the molecule is COc1cc2c(cc1OC)CN(CCNC(=O)c1ccccc1NC(=O)c1ccc(C3CCCCC3)cc1)CC2.O=C(O)c1ccc(-c2ccccc2)cc1. The highest BCUT2D eigenvalue weighted by Crippen LogP contribution is 2.34. The molecule has 284 valence electrons. The summed E-state index contributed by atoms with van der Waals surface area (Å²) in [5.74, 6) is 0.775. The van der Waals surface area contributed by atoms with Gasteiger partial charge in [-0.15, -0.1) is 0 Å². The number of carboxylic acid groups (broad SMARTS) is 1. The number of methoxy groups -OCH3 is 2. The largest absolute Gasteiger partial charge is 0.493 e. The number of para-hydroxylation sites is 1. The van der Waals surface area contributed by atoms with E-state index in [9.17, 15) is 14.4 Å². The van der Waals surface area contributed by atoms with Crippen LogP contribution in [-0.4, -0.2) is 61.6 Å². The molecule has 0 atom stereocenters. The van der Waals surface area contributed by atoms with Crippen molar-refractivity contribution in [3.63, 3.8) is 0 Å². The predicted molar refractivity (Wildman–Crippen MR) is 216 cm³/mol. The molecule has 0 saturated heterocycles. The number of hydrogen-bond donors (Lipinski definition) is 3. The van der Waals surface area contributed by atoms with Crippen molar-refractivity contribution < 1.29 is 29.0 Å². The molecule has 0 bridgehead atoms. The lowest BCUT2D eigenvalue weighted by Crippen LogP contribution is -2.38. The Morgan fingerprint density at radius 3 is 2.00 bits per heavy atom. The monoisotopic (exact) mass is 739 g/mol. The summed E-state index contributed by atoms with van der Waals surface area (Å²) in [4.78, 5) is 39.1. The molecule has 7 rings (SSSR count). The second-order valence-electron chi connectivity index (χ2n) is 14.0. The number of hydrogen-bond acceptors (Lipinski definition) is 6. The highest BCUT2D eigenvalue weighted by Gasteiger charge is 2.21. The molecule has 9 nitrogen and oxygen atoms in total. The summed E-state index contributed by atoms with van der Waals surface area (Å²) in [6.07, 6.45) is 7.25. The van der Waals surface area contributed by atoms with Gasteiger partial charge in [-0.2, -0.15) is 0 Å². The zero-order valence-corrected chi connectivity index (χ0v) is 31.6. The lowest BCUT2D eigenvalue weighted by Gasteiger charge is -2.29. The maximum Gasteiger partial charge on any atom is 0.335 e. The quantitative estimate of drug-likeness (QED) is 0.124. The van der Waals surface area contributed by atoms with Crippen LogP contribution in [0.25, 0.3) is 11.1 Å². The van der Waals surface area contributed by atoms with Gasteiger partial charge in [0.2, 0.25) is 0 Å². The van der Waals surface area contributed by atoms with Gasteiger partial charge in [0.15, 0.2) is 11.5 Å². The number of fused-ring (bicyclic) bond motifs is 1. The van der Waals surface area contributed by atoms with Gasteiger partial charge in [-0.3, -0.25) is 14.5 Å². The van der Waals surface area contributed by atoms with Crippen molar-refractivity contribution in [2.45, 2.75) is 51.0 Å². The van der Waals surface area contributed by atoms with Gasteiger partial charge in [0.25, 0.3) is 11.8 Å². The Kier molecular flexibility index (Phi) is 13.3. The third-order valence-electron chi connectivity index (χ3n) is 10.4. The summed E-state index contributed by atoms with van der Waals surface area (Å²) in [7, 11) is 3.30. The first-order valence-electron chi connectivity index (χ1n) is 19.0. The van der Waals surface area contributed by atoms with E-state index < -0.39 is 5.97 Å². The van der Waals surface area contributed by atoms with Gasteiger partial charge in [-0.05, 0) is 102 Å². The summed E-state index contributed by atoms with van der Waals surface area (Å²) >= 11 is 0. The molecule has 55 heavy (non-hydrogen) atoms. The number of carbonyl (C=O) groups is 3. The lowest BCUT2D eigenvalue weighted by molar-refractivity contribution is 0.0696. The standard InChI is InChI=1S/C33H39N3O4.C13H10O2/c1-39-30-20-26-16-18-36(22-27(26)21-31(30)40-2)19-17-34-33(38)28-10-6-7-11-29(28)35-32(37)25-14-12-24(13-15-25)23-8-4-3-5-9-23;14-13(15)12-8-6-11(7-9-12)10-4-2-1-3-5-10/h6-7,10-15,20-21,23H,3-5,8-9,16-19,22H2,1-2H3,(H,34,38)(H,35,37);1-9H,(H,14,15). The normalized spacial score (nSPS) is 14.1. The molecule has 1 aliphatic carbocycles. The van der Waals surface area contributed by atoms with E-state index in [2.05, 4.69) is 33.7 Å². The molecule has 0 aromatic heterocycles. The number of benzene rings is 5. The average Bonchev–Trinajstić information content (AvgIpc) is 3.24. The molecule has 2 aliphatic rings. The molecular weight excluding hydrogens is 691 g/mol. The first-order chi connectivity index (χ1) is 26.8. The number of nitrogens with one attached hydrogen (secondary N) is 2. The van der Waals surface area contributed by atoms with E-state index in [1.165, 1.54) is 48.8 Å². The van der Waals surface area contributed by atoms with Crippen LogP contribution in [0, 0.1) is 0 Å². The Morgan fingerprint density at radius 1 is 0.709 bits per heavy atom. The van der Waals surface area contributed by atoms with Crippen molar-refractivity contribution in [2.75, 3.05) is 39.2 Å². The van der Waals surface area contributed by atoms with Crippen molar-refractivity contribution in [3.8, 4) is 22.6 Å². The Balaban J connectivity index is 0.000000286. The van der Waals surface area contributed by atoms with Gasteiger partial charge in [0.1, 0.15) is 0 Å². The number of nitrogens with zero attached hydrogens (tertiary/aromatic N) is 1. The molecule has 3 N–H and O–H groups in total. The molecule has 9 heteroatoms. The van der Waals surface area contributed by atoms with Gasteiger partial charge in [-0.25, -0.2) is 4.79 Å². The van der Waals surface area contributed by atoms with E-state index >= 15 is 0 Å². The second kappa shape index (κ2) is 18.9. The van der Waals surface area contributed by atoms with E-state index in [4.69, 9.17) is 14.6 Å². The van der Waals surface area contributed by atoms with Crippen molar-refractivity contribution >= 4 is 23.5 Å². The molecule has 0 spiro atoms. The van der Waals surface area contributed by atoms with Crippen LogP contribution in [0.2, 0.25) is 0 Å². The number of anilines is 1. The molecule has 1 fully saturated rings. The number of amides is 2. The van der Waals surface area contributed by atoms with Crippen molar-refractivity contribution in [2.24, 2.45) is 0 Å². The zero-order chi connectivity index (χ0) is 38.6. The Morgan fingerprint density at radius 2 is 1.33 bits per heavy atom. The van der Waals surface area contributed by atoms with Crippen molar-refractivity contribution in [1.82, 2.24) is 10.2 Å². The first-order valence-corrected chi connectivity index (χ1v) is 19.0. The van der Waals surface area contributed by atoms with Crippen LogP contribution in [0.5, 0.6) is 11.5 Å². The highest BCUT2D eigenvalue weighted by molar-refractivity contribution is 6.09. The van der Waals surface area contributed by atoms with Crippen LogP contribution < -0.4 is 20.1 Å². The minimum Gasteiger partial charge on any atom is -0.493 e. The van der Waals surface area contributed by atoms with Crippen LogP contribution in [-0.2, 0) is 13.0 Å². The maximum atomic E-state index is 13.1. The Hall–Kier alpha value is -5.93. The second-order valence-corrected chi connectivity index (χ2v) is 14.0. The summed E-state index contributed by atoms with van der Waals surface area (Å²) in [5, 5.41) is 14.7. The maximum absolute atomic E-state index is 13.1. The smallest absolute Gasteiger partial charge is 0.335 e. The third-order valence-corrected chi connectivity index (χ3v) is 10.4. The van der Waals surface area contributed by atoms with Gasteiger partial charge >= 0.3 is 5.97 Å². The molecule has 5 aromatic rings. The first kappa shape index (κ1) is 38.8. The topological polar surface area (TPSA) is 117 Å². The summed E-state index contributed by atoms with van der Waals surface area (Å²) in [6, 6.07) is 35.9. The Labute approximate surface area is 323 Å². The van der Waals surface area contributed by atoms with E-state index in [1.807, 2.05) is 72.8 Å². The fourth-order valence-corrected chi connectivity index (χ4v) is 7.32. The molecule has 5 aromatic carbocycles. The van der Waals surface area contributed by atoms with Crippen LogP contribution in [0.15, 0.2) is 115 Å². The van der Waals surface area contributed by atoms with E-state index in [0.717, 1.165) is 48.7 Å². The zero-order valence-electron chi connectivity index (χ0n) is 31.6. The number of rotatable bonds is 11. The lowest BCUT2D eigenvalue weighted by atomic mass is 9.84. The molecular formula is C46H49N3O6. The average molecular weight is 740 g/mol.